The SMILES string of the molecule is Cc1cc(C2(c3ccc(N)c(C)c3)c3cc(-c4ccccc4)ccc3-c3ccc(-c4ccccc4)cc32)ccc1N. The number of benzene rings is 6. The summed E-state index contributed by atoms with van der Waals surface area (Å²) in [6.07, 6.45) is 0. The number of hydrogen-bond acceptors (Lipinski definition) is 2. The lowest BCUT2D eigenvalue weighted by atomic mass is 9.66. The second kappa shape index (κ2) is 9.53. The fraction of sp³-hybridized carbons (Fsp3) is 0.0769. The molecule has 198 valence electrons. The Morgan fingerprint density at radius 1 is 0.415 bits per heavy atom. The van der Waals surface area contributed by atoms with Crippen molar-refractivity contribution in [3.8, 4) is 33.4 Å². The van der Waals surface area contributed by atoms with Crippen molar-refractivity contribution in [1.29, 1.82) is 0 Å². The minimum absolute atomic E-state index is 0.558. The van der Waals surface area contributed by atoms with Gasteiger partial charge in [0.25, 0.3) is 0 Å². The number of rotatable bonds is 4. The summed E-state index contributed by atoms with van der Waals surface area (Å²) >= 11 is 0. The Morgan fingerprint density at radius 2 is 0.829 bits per heavy atom. The summed E-state index contributed by atoms with van der Waals surface area (Å²) in [7, 11) is 0. The van der Waals surface area contributed by atoms with Gasteiger partial charge in [0.05, 0.1) is 5.41 Å². The van der Waals surface area contributed by atoms with Gasteiger partial charge in [0.2, 0.25) is 0 Å². The quantitative estimate of drug-likeness (QED) is 0.224. The number of hydrogen-bond donors (Lipinski definition) is 2. The molecule has 7 rings (SSSR count). The molecular formula is C39H32N2. The first kappa shape index (κ1) is 24.9. The van der Waals surface area contributed by atoms with E-state index in [1.54, 1.807) is 0 Å². The molecule has 0 radical (unpaired) electrons. The van der Waals surface area contributed by atoms with Crippen molar-refractivity contribution in [2.45, 2.75) is 19.3 Å². The van der Waals surface area contributed by atoms with E-state index in [1.165, 1.54) is 55.6 Å². The maximum absolute atomic E-state index is 6.39. The summed E-state index contributed by atoms with van der Waals surface area (Å²) in [5, 5.41) is 0. The van der Waals surface area contributed by atoms with Crippen LogP contribution in [-0.2, 0) is 5.41 Å². The zero-order valence-corrected chi connectivity index (χ0v) is 23.4. The Morgan fingerprint density at radius 3 is 1.22 bits per heavy atom. The Balaban J connectivity index is 1.62. The average Bonchev–Trinajstić information content (AvgIpc) is 3.30. The maximum Gasteiger partial charge on any atom is 0.0714 e. The van der Waals surface area contributed by atoms with Crippen LogP contribution in [-0.4, -0.2) is 0 Å². The van der Waals surface area contributed by atoms with Crippen LogP contribution in [0.25, 0.3) is 33.4 Å². The minimum atomic E-state index is -0.558. The normalized spacial score (nSPS) is 13.0. The van der Waals surface area contributed by atoms with E-state index in [0.29, 0.717) is 0 Å². The largest absolute Gasteiger partial charge is 0.399 e. The minimum Gasteiger partial charge on any atom is -0.399 e. The highest BCUT2D eigenvalue weighted by Gasteiger charge is 2.46. The topological polar surface area (TPSA) is 52.0 Å². The van der Waals surface area contributed by atoms with Gasteiger partial charge in [0.15, 0.2) is 0 Å². The Labute approximate surface area is 241 Å². The fourth-order valence-electron chi connectivity index (χ4n) is 6.55. The van der Waals surface area contributed by atoms with Gasteiger partial charge in [-0.25, -0.2) is 0 Å². The fourth-order valence-corrected chi connectivity index (χ4v) is 6.55. The standard InChI is InChI=1S/C39H32N2/c1-25-21-31(15-19-37(25)40)39(32-16-20-38(41)26(2)22-32)35-23-29(27-9-5-3-6-10-27)13-17-33(35)34-18-14-30(24-36(34)39)28-11-7-4-8-12-28/h3-24H,40-41H2,1-2H3. The second-order valence-electron chi connectivity index (χ2n) is 11.1. The molecule has 0 saturated carbocycles. The molecule has 0 spiro atoms. The first-order chi connectivity index (χ1) is 20.0. The third kappa shape index (κ3) is 3.87. The molecule has 41 heavy (non-hydrogen) atoms. The third-order valence-electron chi connectivity index (χ3n) is 8.76. The zero-order chi connectivity index (χ0) is 28.1. The van der Waals surface area contributed by atoms with Crippen LogP contribution in [0.1, 0.15) is 33.4 Å². The zero-order valence-electron chi connectivity index (χ0n) is 23.4. The predicted octanol–water partition coefficient (Wildman–Crippen LogP) is 9.16. The molecule has 0 heterocycles. The highest BCUT2D eigenvalue weighted by atomic mass is 14.6. The monoisotopic (exact) mass is 528 g/mol. The second-order valence-corrected chi connectivity index (χ2v) is 11.1. The van der Waals surface area contributed by atoms with Crippen LogP contribution < -0.4 is 11.5 Å². The smallest absolute Gasteiger partial charge is 0.0714 e. The summed E-state index contributed by atoms with van der Waals surface area (Å²) in [6, 6.07) is 48.2. The molecule has 1 aliphatic carbocycles. The van der Waals surface area contributed by atoms with E-state index in [0.717, 1.165) is 22.5 Å². The molecule has 0 amide bonds. The van der Waals surface area contributed by atoms with E-state index in [2.05, 4.69) is 147 Å². The number of fused-ring (bicyclic) bond motifs is 3. The number of anilines is 2. The molecule has 6 aromatic carbocycles. The van der Waals surface area contributed by atoms with Crippen LogP contribution in [0, 0.1) is 13.8 Å². The highest BCUT2D eigenvalue weighted by molar-refractivity contribution is 5.90. The van der Waals surface area contributed by atoms with Gasteiger partial charge >= 0.3 is 0 Å². The van der Waals surface area contributed by atoms with Gasteiger partial charge in [0, 0.05) is 11.4 Å². The predicted molar refractivity (Wildman–Crippen MR) is 173 cm³/mol. The summed E-state index contributed by atoms with van der Waals surface area (Å²) in [5.41, 5.74) is 28.2. The van der Waals surface area contributed by atoms with E-state index in [-0.39, 0.29) is 0 Å². The van der Waals surface area contributed by atoms with Crippen molar-refractivity contribution in [3.63, 3.8) is 0 Å². The maximum atomic E-state index is 6.39. The molecule has 6 aromatic rings. The molecule has 0 saturated heterocycles. The van der Waals surface area contributed by atoms with Crippen LogP contribution in [0.2, 0.25) is 0 Å². The van der Waals surface area contributed by atoms with Gasteiger partial charge in [-0.15, -0.1) is 0 Å². The molecule has 2 nitrogen and oxygen atoms in total. The van der Waals surface area contributed by atoms with Crippen molar-refractivity contribution in [2.24, 2.45) is 0 Å². The number of aryl methyl sites for hydroxylation is 2. The van der Waals surface area contributed by atoms with Crippen molar-refractivity contribution in [1.82, 2.24) is 0 Å². The van der Waals surface area contributed by atoms with Crippen LogP contribution >= 0.6 is 0 Å². The molecule has 0 aliphatic heterocycles. The van der Waals surface area contributed by atoms with E-state index in [9.17, 15) is 0 Å². The molecule has 2 heteroatoms. The molecule has 0 bridgehead atoms. The van der Waals surface area contributed by atoms with Gasteiger partial charge in [-0.1, -0.05) is 109 Å². The first-order valence-corrected chi connectivity index (χ1v) is 14.1. The van der Waals surface area contributed by atoms with Crippen molar-refractivity contribution >= 4 is 11.4 Å². The molecule has 0 aromatic heterocycles. The van der Waals surface area contributed by atoms with E-state index < -0.39 is 5.41 Å². The summed E-state index contributed by atoms with van der Waals surface area (Å²) < 4.78 is 0. The Hall–Kier alpha value is -5.08. The van der Waals surface area contributed by atoms with Crippen LogP contribution in [0.5, 0.6) is 0 Å². The van der Waals surface area contributed by atoms with Crippen LogP contribution in [0.4, 0.5) is 11.4 Å². The van der Waals surface area contributed by atoms with E-state index >= 15 is 0 Å². The van der Waals surface area contributed by atoms with Gasteiger partial charge in [-0.05, 0) is 105 Å². The lowest BCUT2D eigenvalue weighted by Crippen LogP contribution is -2.29. The van der Waals surface area contributed by atoms with E-state index in [4.69, 9.17) is 11.5 Å². The lowest BCUT2D eigenvalue weighted by Gasteiger charge is -2.35. The Bertz CT molecular complexity index is 1780. The average molecular weight is 529 g/mol. The summed E-state index contributed by atoms with van der Waals surface area (Å²) in [4.78, 5) is 0. The van der Waals surface area contributed by atoms with Crippen molar-refractivity contribution < 1.29 is 0 Å². The molecule has 0 atom stereocenters. The molecule has 1 aliphatic rings. The van der Waals surface area contributed by atoms with Crippen molar-refractivity contribution in [3.05, 3.63) is 167 Å². The lowest BCUT2D eigenvalue weighted by molar-refractivity contribution is 0.767. The van der Waals surface area contributed by atoms with E-state index in [1.807, 2.05) is 0 Å². The molecular weight excluding hydrogens is 496 g/mol. The molecule has 0 fully saturated rings. The van der Waals surface area contributed by atoms with Gasteiger partial charge < -0.3 is 11.5 Å². The molecule has 0 unspecified atom stereocenters. The number of nitrogens with two attached hydrogens (primary N) is 2. The first-order valence-electron chi connectivity index (χ1n) is 14.1. The summed E-state index contributed by atoms with van der Waals surface area (Å²) in [5.74, 6) is 0. The van der Waals surface area contributed by atoms with Gasteiger partial charge in [-0.2, -0.15) is 0 Å². The van der Waals surface area contributed by atoms with Gasteiger partial charge in [-0.3, -0.25) is 0 Å². The van der Waals surface area contributed by atoms with Crippen LogP contribution in [0.3, 0.4) is 0 Å². The molecule has 4 N–H and O–H groups in total. The summed E-state index contributed by atoms with van der Waals surface area (Å²) in [6.45, 7) is 4.19. The number of nitrogen functional groups attached to an aromatic ring is 2. The van der Waals surface area contributed by atoms with Crippen LogP contribution in [0.15, 0.2) is 133 Å². The van der Waals surface area contributed by atoms with Gasteiger partial charge in [0.1, 0.15) is 0 Å². The highest BCUT2D eigenvalue weighted by Crippen LogP contribution is 2.58. The Kier molecular flexibility index (Phi) is 5.80. The van der Waals surface area contributed by atoms with Crippen molar-refractivity contribution in [2.75, 3.05) is 11.5 Å². The third-order valence-corrected chi connectivity index (χ3v) is 8.76.